The van der Waals surface area contributed by atoms with Gasteiger partial charge in [0.25, 0.3) is 0 Å². The zero-order valence-electron chi connectivity index (χ0n) is 5.65. The van der Waals surface area contributed by atoms with Crippen molar-refractivity contribution in [3.63, 3.8) is 0 Å². The number of nitriles is 1. The van der Waals surface area contributed by atoms with Gasteiger partial charge in [0.2, 0.25) is 0 Å². The fourth-order valence-corrected chi connectivity index (χ4v) is 0.914. The Labute approximate surface area is 53.5 Å². The largest absolute Gasteiger partial charge is 0.199 e. The molecule has 0 aliphatic heterocycles. The Kier molecular flexibility index (Phi) is 2.78. The van der Waals surface area contributed by atoms with Crippen molar-refractivity contribution in [2.24, 2.45) is 0 Å². The smallest absolute Gasteiger partial charge is 0.0629 e. The molecule has 0 aromatic heterocycles. The normalized spacial score (nSPS) is 10.8. The van der Waals surface area contributed by atoms with E-state index in [0.29, 0.717) is 11.1 Å². The van der Waals surface area contributed by atoms with Gasteiger partial charge in [-0.2, -0.15) is 5.26 Å². The zero-order chi connectivity index (χ0) is 6.62. The van der Waals surface area contributed by atoms with Gasteiger partial charge in [-0.25, -0.2) is 0 Å². The van der Waals surface area contributed by atoms with Gasteiger partial charge in [0.15, 0.2) is 0 Å². The van der Waals surface area contributed by atoms with Gasteiger partial charge in [0.05, 0.1) is 15.6 Å². The molecule has 44 valence electrons. The van der Waals surface area contributed by atoms with Crippen LogP contribution in [-0.2, 0) is 0 Å². The highest BCUT2D eigenvalue weighted by molar-refractivity contribution is 6.40. The van der Waals surface area contributed by atoms with Crippen LogP contribution in [0.5, 0.6) is 0 Å². The number of hydrogen-bond acceptors (Lipinski definition) is 1. The predicted molar refractivity (Wildman–Crippen MR) is 35.9 cm³/mol. The molecule has 0 rings (SSSR count). The summed E-state index contributed by atoms with van der Waals surface area (Å²) >= 11 is 0. The maximum Gasteiger partial charge on any atom is 0.0629 e. The summed E-state index contributed by atoms with van der Waals surface area (Å²) < 4.78 is 0. The molecule has 0 N–H and O–H groups in total. The Morgan fingerprint density at radius 1 is 1.50 bits per heavy atom. The maximum absolute atomic E-state index is 8.19. The second-order valence-electron chi connectivity index (χ2n) is 2.76. The minimum Gasteiger partial charge on any atom is -0.199 e. The average molecular weight is 125 g/mol. The Morgan fingerprint density at radius 3 is 2.12 bits per heavy atom. The lowest BCUT2D eigenvalue weighted by Crippen LogP contribution is -2.05. The van der Waals surface area contributed by atoms with Crippen LogP contribution in [-0.4, -0.2) is 9.52 Å². The van der Waals surface area contributed by atoms with Crippen molar-refractivity contribution < 1.29 is 0 Å². The van der Waals surface area contributed by atoms with E-state index in [1.165, 1.54) is 0 Å². The van der Waals surface area contributed by atoms with E-state index in [4.69, 9.17) is 5.26 Å². The van der Waals surface area contributed by atoms with Crippen LogP contribution < -0.4 is 0 Å². The minimum atomic E-state index is 0.357. The highest BCUT2D eigenvalue weighted by Gasteiger charge is 2.09. The van der Waals surface area contributed by atoms with Crippen LogP contribution in [0.2, 0.25) is 11.1 Å². The van der Waals surface area contributed by atoms with E-state index >= 15 is 0 Å². The summed E-state index contributed by atoms with van der Waals surface area (Å²) in [4.78, 5) is 0. The van der Waals surface area contributed by atoms with Crippen LogP contribution in [0.1, 0.15) is 20.8 Å². The van der Waals surface area contributed by atoms with Crippen LogP contribution in [0.15, 0.2) is 0 Å². The number of hydrogen-bond donors (Lipinski definition) is 0. The summed E-state index contributed by atoms with van der Waals surface area (Å²) in [5.41, 5.74) is 0. The van der Waals surface area contributed by atoms with E-state index in [2.05, 4.69) is 26.8 Å². The fourth-order valence-electron chi connectivity index (χ4n) is 0.305. The third-order valence-corrected chi connectivity index (χ3v) is 2.09. The average Bonchev–Trinajstić information content (AvgIpc) is 1.59. The molecule has 0 aromatic carbocycles. The highest BCUT2D eigenvalue weighted by Crippen LogP contribution is 2.20. The summed E-state index contributed by atoms with van der Waals surface area (Å²) in [5.74, 6) is 0. The molecular weight excluding hydrogens is 114 g/mol. The van der Waals surface area contributed by atoms with Crippen molar-refractivity contribution in [3.05, 3.63) is 0 Å². The van der Waals surface area contributed by atoms with Gasteiger partial charge in [-0.3, -0.25) is 0 Å². The van der Waals surface area contributed by atoms with Crippen LogP contribution in [0.4, 0.5) is 0 Å². The molecule has 8 heavy (non-hydrogen) atoms. The lowest BCUT2D eigenvalue weighted by atomic mass is 10.3. The lowest BCUT2D eigenvalue weighted by molar-refractivity contribution is 0.753. The monoisotopic (exact) mass is 125 g/mol. The molecule has 0 unspecified atom stereocenters. The molecular formula is C6H11NSi. The van der Waals surface area contributed by atoms with Crippen molar-refractivity contribution in [3.8, 4) is 6.07 Å². The molecule has 1 nitrogen and oxygen atoms in total. The van der Waals surface area contributed by atoms with Gasteiger partial charge < -0.3 is 0 Å². The molecule has 0 amide bonds. The van der Waals surface area contributed by atoms with Gasteiger partial charge in [0.1, 0.15) is 0 Å². The molecule has 2 radical (unpaired) electrons. The molecule has 0 aliphatic rings. The van der Waals surface area contributed by atoms with E-state index in [0.717, 1.165) is 9.52 Å². The SMILES string of the molecule is CC(C)(C)[Si]CC#N. The topological polar surface area (TPSA) is 23.8 Å². The van der Waals surface area contributed by atoms with Crippen molar-refractivity contribution in [2.75, 3.05) is 0 Å². The predicted octanol–water partition coefficient (Wildman–Crippen LogP) is 1.85. The molecule has 0 saturated carbocycles. The molecule has 2 heteroatoms. The van der Waals surface area contributed by atoms with Gasteiger partial charge in [-0.15, -0.1) is 0 Å². The van der Waals surface area contributed by atoms with E-state index in [1.807, 2.05) is 0 Å². The molecule has 0 heterocycles. The number of rotatable bonds is 1. The van der Waals surface area contributed by atoms with Gasteiger partial charge in [-0.05, 0) is 5.04 Å². The zero-order valence-corrected chi connectivity index (χ0v) is 6.65. The van der Waals surface area contributed by atoms with Crippen LogP contribution in [0.25, 0.3) is 0 Å². The first-order valence-electron chi connectivity index (χ1n) is 2.68. The van der Waals surface area contributed by atoms with Crippen LogP contribution >= 0.6 is 0 Å². The van der Waals surface area contributed by atoms with Gasteiger partial charge >= 0.3 is 0 Å². The van der Waals surface area contributed by atoms with Crippen molar-refractivity contribution >= 4 is 9.52 Å². The standard InChI is InChI=1S/C6H11NSi/c1-6(2,3)8-5-4-7/h5H2,1-3H3. The molecule has 0 spiro atoms. The van der Waals surface area contributed by atoms with E-state index in [9.17, 15) is 0 Å². The lowest BCUT2D eigenvalue weighted by Gasteiger charge is -2.13. The molecule has 0 bridgehead atoms. The van der Waals surface area contributed by atoms with Crippen LogP contribution in [0, 0.1) is 11.3 Å². The van der Waals surface area contributed by atoms with Gasteiger partial charge in [0, 0.05) is 6.04 Å². The third kappa shape index (κ3) is 5.71. The van der Waals surface area contributed by atoms with Crippen molar-refractivity contribution in [2.45, 2.75) is 31.9 Å². The van der Waals surface area contributed by atoms with E-state index in [1.54, 1.807) is 0 Å². The summed E-state index contributed by atoms with van der Waals surface area (Å²) in [6, 6.07) is 2.85. The first kappa shape index (κ1) is 7.71. The highest BCUT2D eigenvalue weighted by atomic mass is 28.2. The molecule has 0 atom stereocenters. The van der Waals surface area contributed by atoms with Gasteiger partial charge in [-0.1, -0.05) is 20.8 Å². The second-order valence-corrected chi connectivity index (χ2v) is 4.97. The van der Waals surface area contributed by atoms with Crippen molar-refractivity contribution in [1.82, 2.24) is 0 Å². The summed E-state index contributed by atoms with van der Waals surface area (Å²) in [6.07, 6.45) is 0. The third-order valence-electron chi connectivity index (χ3n) is 0.698. The Balaban J connectivity index is 3.28. The molecule has 0 aliphatic carbocycles. The summed E-state index contributed by atoms with van der Waals surface area (Å²) in [6.45, 7) is 6.47. The van der Waals surface area contributed by atoms with Crippen molar-refractivity contribution in [1.29, 1.82) is 5.26 Å². The molecule has 0 fully saturated rings. The van der Waals surface area contributed by atoms with E-state index in [-0.39, 0.29) is 0 Å². The Hall–Kier alpha value is -0.293. The Bertz CT molecular complexity index is 96.1. The fraction of sp³-hybridized carbons (Fsp3) is 0.833. The maximum atomic E-state index is 8.19. The van der Waals surface area contributed by atoms with E-state index < -0.39 is 0 Å². The Morgan fingerprint density at radius 2 is 2.00 bits per heavy atom. The van der Waals surface area contributed by atoms with Crippen LogP contribution in [0.3, 0.4) is 0 Å². The summed E-state index contributed by atoms with van der Waals surface area (Å²) in [7, 11) is 0.780. The molecule has 0 aromatic rings. The minimum absolute atomic E-state index is 0.357. The quantitative estimate of drug-likeness (QED) is 0.491. The first-order valence-corrected chi connectivity index (χ1v) is 3.89. The number of nitrogens with zero attached hydrogens (tertiary/aromatic N) is 1. The summed E-state index contributed by atoms with van der Waals surface area (Å²) in [5, 5.41) is 8.54. The second kappa shape index (κ2) is 2.88. The first-order chi connectivity index (χ1) is 3.56. The molecule has 0 saturated heterocycles.